The topological polar surface area (TPSA) is 83.5 Å². The van der Waals surface area contributed by atoms with Crippen LogP contribution in [0.1, 0.15) is 31.8 Å². The number of nitrogens with one attached hydrogen (secondary N) is 1. The average Bonchev–Trinajstić information content (AvgIpc) is 2.73. The van der Waals surface area contributed by atoms with E-state index in [0.717, 1.165) is 5.56 Å². The molecule has 0 saturated carbocycles. The molecule has 2 N–H and O–H groups in total. The molecule has 3 aromatic rings. The third kappa shape index (κ3) is 4.80. The number of anilines is 1. The van der Waals surface area contributed by atoms with Crippen molar-refractivity contribution in [2.24, 2.45) is 0 Å². The number of amides is 1. The van der Waals surface area contributed by atoms with E-state index in [2.05, 4.69) is 5.32 Å². The number of aromatic carboxylic acids is 1. The Morgan fingerprint density at radius 1 is 0.714 bits per heavy atom. The second kappa shape index (κ2) is 8.60. The fraction of sp³-hybridized carbons (Fsp3) is 0. The van der Waals surface area contributed by atoms with Crippen LogP contribution in [0, 0.1) is 0 Å². The third-order valence-corrected chi connectivity index (χ3v) is 4.04. The molecular formula is C23H17NO4. The zero-order chi connectivity index (χ0) is 19.9. The van der Waals surface area contributed by atoms with Gasteiger partial charge in [0.15, 0.2) is 5.78 Å². The van der Waals surface area contributed by atoms with Crippen molar-refractivity contribution in [2.75, 3.05) is 5.32 Å². The van der Waals surface area contributed by atoms with Gasteiger partial charge in [-0.2, -0.15) is 0 Å². The van der Waals surface area contributed by atoms with Gasteiger partial charge in [0, 0.05) is 22.9 Å². The molecule has 3 aromatic carbocycles. The van der Waals surface area contributed by atoms with Crippen LogP contribution in [0.5, 0.6) is 0 Å². The summed E-state index contributed by atoms with van der Waals surface area (Å²) in [5.41, 5.74) is 2.46. The molecule has 0 spiro atoms. The van der Waals surface area contributed by atoms with E-state index < -0.39 is 5.97 Å². The number of carbonyl (C=O) groups is 3. The molecule has 1 amide bonds. The molecule has 0 aliphatic heterocycles. The smallest absolute Gasteiger partial charge is 0.335 e. The Balaban J connectivity index is 1.64. The van der Waals surface area contributed by atoms with Gasteiger partial charge in [-0.3, -0.25) is 9.59 Å². The first-order valence-electron chi connectivity index (χ1n) is 8.55. The fourth-order valence-corrected chi connectivity index (χ4v) is 2.56. The number of rotatable bonds is 6. The van der Waals surface area contributed by atoms with Gasteiger partial charge in [0.2, 0.25) is 5.91 Å². The maximum atomic E-state index is 12.5. The number of hydrogen-bond acceptors (Lipinski definition) is 3. The molecular weight excluding hydrogens is 354 g/mol. The summed E-state index contributed by atoms with van der Waals surface area (Å²) < 4.78 is 0. The van der Waals surface area contributed by atoms with Gasteiger partial charge in [-0.05, 0) is 48.0 Å². The summed E-state index contributed by atoms with van der Waals surface area (Å²) in [6.07, 6.45) is 3.16. The van der Waals surface area contributed by atoms with E-state index in [1.807, 2.05) is 30.3 Å². The Kier molecular flexibility index (Phi) is 5.77. The molecule has 5 nitrogen and oxygen atoms in total. The number of carbonyl (C=O) groups excluding carboxylic acids is 2. The summed E-state index contributed by atoms with van der Waals surface area (Å²) >= 11 is 0. The predicted molar refractivity (Wildman–Crippen MR) is 107 cm³/mol. The van der Waals surface area contributed by atoms with Gasteiger partial charge in [0.1, 0.15) is 0 Å². The highest BCUT2D eigenvalue weighted by Gasteiger charge is 2.10. The molecule has 0 unspecified atom stereocenters. The normalized spacial score (nSPS) is 10.6. The second-order valence-electron chi connectivity index (χ2n) is 6.02. The lowest BCUT2D eigenvalue weighted by molar-refractivity contribution is -0.111. The van der Waals surface area contributed by atoms with Crippen LogP contribution >= 0.6 is 0 Å². The number of carboxylic acids is 1. The first-order chi connectivity index (χ1) is 13.5. The van der Waals surface area contributed by atoms with Gasteiger partial charge in [-0.15, -0.1) is 0 Å². The minimum absolute atomic E-state index is 0.123. The number of hydrogen-bond donors (Lipinski definition) is 2. The van der Waals surface area contributed by atoms with Crippen LogP contribution in [0.2, 0.25) is 0 Å². The van der Waals surface area contributed by atoms with Gasteiger partial charge in [0.05, 0.1) is 5.56 Å². The minimum atomic E-state index is -1.04. The van der Waals surface area contributed by atoms with Crippen molar-refractivity contribution in [3.05, 3.63) is 107 Å². The Hall–Kier alpha value is -3.99. The van der Waals surface area contributed by atoms with Crippen LogP contribution in [0.4, 0.5) is 5.69 Å². The molecule has 0 aliphatic carbocycles. The number of ketones is 1. The lowest BCUT2D eigenvalue weighted by Crippen LogP contribution is -2.08. The molecule has 0 radical (unpaired) electrons. The quantitative estimate of drug-likeness (QED) is 0.501. The van der Waals surface area contributed by atoms with Gasteiger partial charge in [0.25, 0.3) is 0 Å². The summed E-state index contributed by atoms with van der Waals surface area (Å²) in [4.78, 5) is 35.4. The Morgan fingerprint density at radius 3 is 1.82 bits per heavy atom. The second-order valence-corrected chi connectivity index (χ2v) is 6.02. The number of carboxylic acid groups (broad SMARTS) is 1. The van der Waals surface area contributed by atoms with E-state index in [-0.39, 0.29) is 17.3 Å². The molecule has 138 valence electrons. The molecule has 0 fully saturated rings. The summed E-state index contributed by atoms with van der Waals surface area (Å²) in [6, 6.07) is 21.7. The average molecular weight is 371 g/mol. The molecule has 0 saturated heterocycles. The van der Waals surface area contributed by atoms with E-state index >= 15 is 0 Å². The van der Waals surface area contributed by atoms with Gasteiger partial charge in [-0.1, -0.05) is 42.5 Å². The van der Waals surface area contributed by atoms with Gasteiger partial charge >= 0.3 is 5.97 Å². The number of benzene rings is 3. The Bertz CT molecular complexity index is 1020. The maximum absolute atomic E-state index is 12.5. The van der Waals surface area contributed by atoms with Crippen molar-refractivity contribution in [2.45, 2.75) is 0 Å². The molecule has 0 aliphatic rings. The Labute approximate surface area is 162 Å². The van der Waals surface area contributed by atoms with Crippen molar-refractivity contribution in [1.29, 1.82) is 0 Å². The van der Waals surface area contributed by atoms with Crippen molar-refractivity contribution < 1.29 is 19.5 Å². The van der Waals surface area contributed by atoms with Crippen LogP contribution in [0.15, 0.2) is 84.9 Å². The molecule has 5 heteroatoms. The largest absolute Gasteiger partial charge is 0.478 e. The van der Waals surface area contributed by atoms with E-state index in [1.165, 1.54) is 30.3 Å². The monoisotopic (exact) mass is 371 g/mol. The zero-order valence-corrected chi connectivity index (χ0v) is 14.8. The molecule has 3 rings (SSSR count). The van der Waals surface area contributed by atoms with Crippen molar-refractivity contribution >= 4 is 29.4 Å². The first kappa shape index (κ1) is 18.8. The highest BCUT2D eigenvalue weighted by molar-refractivity contribution is 6.09. The first-order valence-corrected chi connectivity index (χ1v) is 8.55. The lowest BCUT2D eigenvalue weighted by Gasteiger charge is -2.05. The Morgan fingerprint density at radius 2 is 1.25 bits per heavy atom. The maximum Gasteiger partial charge on any atom is 0.335 e. The molecule has 0 aromatic heterocycles. The lowest BCUT2D eigenvalue weighted by atomic mass is 10.0. The van der Waals surface area contributed by atoms with E-state index in [4.69, 9.17) is 5.11 Å². The van der Waals surface area contributed by atoms with Gasteiger partial charge in [-0.25, -0.2) is 4.79 Å². The fourth-order valence-electron chi connectivity index (χ4n) is 2.56. The molecule has 28 heavy (non-hydrogen) atoms. The highest BCUT2D eigenvalue weighted by Crippen LogP contribution is 2.15. The zero-order valence-electron chi connectivity index (χ0n) is 14.8. The predicted octanol–water partition coefficient (Wildman–Crippen LogP) is 4.27. The van der Waals surface area contributed by atoms with Crippen molar-refractivity contribution in [3.63, 3.8) is 0 Å². The van der Waals surface area contributed by atoms with Crippen molar-refractivity contribution in [1.82, 2.24) is 0 Å². The van der Waals surface area contributed by atoms with E-state index in [0.29, 0.717) is 16.8 Å². The van der Waals surface area contributed by atoms with Crippen LogP contribution in [0.3, 0.4) is 0 Å². The van der Waals surface area contributed by atoms with Crippen LogP contribution in [0.25, 0.3) is 6.08 Å². The molecule has 0 bridgehead atoms. The summed E-state index contributed by atoms with van der Waals surface area (Å²) in [5.74, 6) is -1.54. The van der Waals surface area contributed by atoms with Crippen LogP contribution in [-0.2, 0) is 4.79 Å². The summed E-state index contributed by atoms with van der Waals surface area (Å²) in [5, 5.41) is 11.6. The minimum Gasteiger partial charge on any atom is -0.478 e. The van der Waals surface area contributed by atoms with Crippen molar-refractivity contribution in [3.8, 4) is 0 Å². The van der Waals surface area contributed by atoms with E-state index in [1.54, 1.807) is 30.3 Å². The summed E-state index contributed by atoms with van der Waals surface area (Å²) in [7, 11) is 0. The molecule has 0 heterocycles. The van der Waals surface area contributed by atoms with Crippen LogP contribution in [-0.4, -0.2) is 22.8 Å². The standard InChI is InChI=1S/C23H17NO4/c25-21(15-6-16-4-2-1-3-5-16)24-20-13-11-18(12-14-20)22(26)17-7-9-19(10-8-17)23(27)28/h1-15H,(H,24,25)(H,27,28)/b15-6+. The summed E-state index contributed by atoms with van der Waals surface area (Å²) in [6.45, 7) is 0. The molecule has 0 atom stereocenters. The van der Waals surface area contributed by atoms with Crippen LogP contribution < -0.4 is 5.32 Å². The third-order valence-electron chi connectivity index (χ3n) is 4.04. The SMILES string of the molecule is O=C(/C=C/c1ccccc1)Nc1ccc(C(=O)c2ccc(C(=O)O)cc2)cc1. The van der Waals surface area contributed by atoms with E-state index in [9.17, 15) is 14.4 Å². The van der Waals surface area contributed by atoms with Gasteiger partial charge < -0.3 is 10.4 Å². The highest BCUT2D eigenvalue weighted by atomic mass is 16.4.